The van der Waals surface area contributed by atoms with Crippen molar-refractivity contribution >= 4 is 34.5 Å². The fourth-order valence-electron chi connectivity index (χ4n) is 4.41. The molecular formula is C25H25N5O4S. The van der Waals surface area contributed by atoms with Gasteiger partial charge in [0.25, 0.3) is 5.22 Å². The number of rotatable bonds is 7. The quantitative estimate of drug-likeness (QED) is 0.298. The number of H-pyrrole nitrogens is 1. The van der Waals surface area contributed by atoms with E-state index in [9.17, 15) is 9.59 Å². The van der Waals surface area contributed by atoms with Gasteiger partial charge in [0.15, 0.2) is 0 Å². The highest BCUT2D eigenvalue weighted by Crippen LogP contribution is 2.31. The number of thioether (sulfide) groups is 1. The van der Waals surface area contributed by atoms with Crippen LogP contribution < -0.4 is 5.73 Å². The molecule has 0 aliphatic carbocycles. The first-order chi connectivity index (χ1) is 17.0. The Morgan fingerprint density at radius 2 is 1.97 bits per heavy atom. The lowest BCUT2D eigenvalue weighted by Gasteiger charge is -2.33. The number of nitrogens with zero attached hydrogens (tertiary/aromatic N) is 3. The van der Waals surface area contributed by atoms with Gasteiger partial charge < -0.3 is 24.8 Å². The van der Waals surface area contributed by atoms with Crippen LogP contribution in [0.3, 0.4) is 0 Å². The molecule has 4 aromatic rings. The van der Waals surface area contributed by atoms with Crippen LogP contribution in [0.2, 0.25) is 0 Å². The molecule has 0 radical (unpaired) electrons. The number of benzene rings is 2. The average molecular weight is 492 g/mol. The molecule has 0 unspecified atom stereocenters. The molecule has 1 amide bonds. The van der Waals surface area contributed by atoms with Gasteiger partial charge in [-0.3, -0.25) is 4.79 Å². The van der Waals surface area contributed by atoms with Crippen molar-refractivity contribution in [3.8, 4) is 0 Å². The topological polar surface area (TPSA) is 127 Å². The SMILES string of the molecule is COC(=O)[C@H]1Cc2c([nH]c3ccccc23)CN1C(=O)CSc1nnc([C@@H](N)Cc2ccccc2)o1. The molecule has 180 valence electrons. The number of hydrogen-bond donors (Lipinski definition) is 2. The molecule has 3 heterocycles. The van der Waals surface area contributed by atoms with Crippen LogP contribution in [0.25, 0.3) is 10.9 Å². The van der Waals surface area contributed by atoms with E-state index in [2.05, 4.69) is 15.2 Å². The molecule has 1 aliphatic heterocycles. The minimum Gasteiger partial charge on any atom is -0.467 e. The van der Waals surface area contributed by atoms with Crippen LogP contribution in [-0.4, -0.2) is 50.9 Å². The molecule has 2 aromatic heterocycles. The summed E-state index contributed by atoms with van der Waals surface area (Å²) in [5.74, 6) is -0.301. The summed E-state index contributed by atoms with van der Waals surface area (Å²) in [4.78, 5) is 30.7. The number of nitrogens with one attached hydrogen (secondary N) is 1. The summed E-state index contributed by atoms with van der Waals surface area (Å²) in [6.45, 7) is 0.292. The monoisotopic (exact) mass is 491 g/mol. The van der Waals surface area contributed by atoms with Gasteiger partial charge in [-0.05, 0) is 23.6 Å². The van der Waals surface area contributed by atoms with Crippen molar-refractivity contribution in [1.82, 2.24) is 20.1 Å². The van der Waals surface area contributed by atoms with Crippen LogP contribution in [0.4, 0.5) is 0 Å². The first-order valence-electron chi connectivity index (χ1n) is 11.2. The van der Waals surface area contributed by atoms with Crippen LogP contribution in [0.1, 0.15) is 28.8 Å². The maximum atomic E-state index is 13.2. The molecule has 0 saturated heterocycles. The van der Waals surface area contributed by atoms with E-state index in [1.807, 2.05) is 54.6 Å². The Balaban J connectivity index is 1.27. The second kappa shape index (κ2) is 9.93. The Kier molecular flexibility index (Phi) is 6.56. The third kappa shape index (κ3) is 4.80. The lowest BCUT2D eigenvalue weighted by atomic mass is 9.96. The molecule has 0 fully saturated rings. The Morgan fingerprint density at radius 1 is 1.20 bits per heavy atom. The fourth-order valence-corrected chi connectivity index (χ4v) is 5.06. The minimum atomic E-state index is -0.697. The largest absolute Gasteiger partial charge is 0.467 e. The van der Waals surface area contributed by atoms with Gasteiger partial charge >= 0.3 is 5.97 Å². The van der Waals surface area contributed by atoms with Crippen LogP contribution in [-0.2, 0) is 33.7 Å². The average Bonchev–Trinajstić information content (AvgIpc) is 3.51. The van der Waals surface area contributed by atoms with Crippen molar-refractivity contribution in [1.29, 1.82) is 0 Å². The third-order valence-corrected chi connectivity index (χ3v) is 6.96. The van der Waals surface area contributed by atoms with Gasteiger partial charge in [0.05, 0.1) is 25.4 Å². The van der Waals surface area contributed by atoms with Crippen molar-refractivity contribution in [3.63, 3.8) is 0 Å². The summed E-state index contributed by atoms with van der Waals surface area (Å²) in [5.41, 5.74) is 10.2. The van der Waals surface area contributed by atoms with Crippen molar-refractivity contribution in [2.24, 2.45) is 5.73 Å². The lowest BCUT2D eigenvalue weighted by molar-refractivity contribution is -0.153. The number of hydrogen-bond acceptors (Lipinski definition) is 8. The zero-order chi connectivity index (χ0) is 24.4. The predicted molar refractivity (Wildman–Crippen MR) is 130 cm³/mol. The van der Waals surface area contributed by atoms with E-state index in [0.29, 0.717) is 25.3 Å². The molecule has 0 bridgehead atoms. The number of carbonyl (C=O) groups excluding carboxylic acids is 2. The number of para-hydroxylation sites is 1. The Morgan fingerprint density at radius 3 is 2.77 bits per heavy atom. The molecular weight excluding hydrogens is 466 g/mol. The van der Waals surface area contributed by atoms with E-state index >= 15 is 0 Å². The Hall–Kier alpha value is -3.63. The van der Waals surface area contributed by atoms with Crippen molar-refractivity contribution < 1.29 is 18.7 Å². The number of nitrogens with two attached hydrogens (primary N) is 1. The van der Waals surface area contributed by atoms with Gasteiger partial charge in [0.2, 0.25) is 11.8 Å². The maximum absolute atomic E-state index is 13.2. The van der Waals surface area contributed by atoms with Gasteiger partial charge in [-0.15, -0.1) is 10.2 Å². The highest BCUT2D eigenvalue weighted by Gasteiger charge is 2.37. The van der Waals surface area contributed by atoms with E-state index in [-0.39, 0.29) is 16.9 Å². The number of carbonyl (C=O) groups is 2. The smallest absolute Gasteiger partial charge is 0.328 e. The van der Waals surface area contributed by atoms with E-state index in [1.165, 1.54) is 7.11 Å². The number of ether oxygens (including phenoxy) is 1. The Bertz CT molecular complexity index is 1350. The summed E-state index contributed by atoms with van der Waals surface area (Å²) in [5, 5.41) is 9.39. The maximum Gasteiger partial charge on any atom is 0.328 e. The van der Waals surface area contributed by atoms with Gasteiger partial charge in [-0.1, -0.05) is 60.3 Å². The molecule has 3 N–H and O–H groups in total. The number of aromatic nitrogens is 3. The lowest BCUT2D eigenvalue weighted by Crippen LogP contribution is -2.49. The molecule has 0 saturated carbocycles. The number of amides is 1. The first kappa shape index (κ1) is 23.1. The van der Waals surface area contributed by atoms with E-state index < -0.39 is 18.1 Å². The van der Waals surface area contributed by atoms with Crippen LogP contribution >= 0.6 is 11.8 Å². The summed E-state index contributed by atoms with van der Waals surface area (Å²) >= 11 is 1.13. The second-order valence-electron chi connectivity index (χ2n) is 8.38. The summed E-state index contributed by atoms with van der Waals surface area (Å²) in [6, 6.07) is 16.6. The number of esters is 1. The summed E-state index contributed by atoms with van der Waals surface area (Å²) < 4.78 is 10.7. The van der Waals surface area contributed by atoms with Gasteiger partial charge in [-0.2, -0.15) is 0 Å². The van der Waals surface area contributed by atoms with Gasteiger partial charge in [-0.25, -0.2) is 4.79 Å². The third-order valence-electron chi connectivity index (χ3n) is 6.15. The second-order valence-corrected chi connectivity index (χ2v) is 9.31. The first-order valence-corrected chi connectivity index (χ1v) is 12.2. The van der Waals surface area contributed by atoms with E-state index in [4.69, 9.17) is 14.9 Å². The molecule has 5 rings (SSSR count). The number of fused-ring (bicyclic) bond motifs is 3. The zero-order valence-electron chi connectivity index (χ0n) is 19.1. The van der Waals surface area contributed by atoms with Gasteiger partial charge in [0.1, 0.15) is 6.04 Å². The fraction of sp³-hybridized carbons (Fsp3) is 0.280. The number of aromatic amines is 1. The van der Waals surface area contributed by atoms with Crippen molar-refractivity contribution in [2.75, 3.05) is 12.9 Å². The zero-order valence-corrected chi connectivity index (χ0v) is 20.0. The summed E-state index contributed by atoms with van der Waals surface area (Å²) in [7, 11) is 1.34. The highest BCUT2D eigenvalue weighted by molar-refractivity contribution is 7.99. The van der Waals surface area contributed by atoms with Crippen LogP contribution in [0, 0.1) is 0 Å². The normalized spacial score (nSPS) is 16.2. The minimum absolute atomic E-state index is 0.0403. The molecule has 10 heteroatoms. The highest BCUT2D eigenvalue weighted by atomic mass is 32.2. The molecule has 9 nitrogen and oxygen atoms in total. The van der Waals surface area contributed by atoms with Crippen LogP contribution in [0.5, 0.6) is 0 Å². The molecule has 1 aliphatic rings. The summed E-state index contributed by atoms with van der Waals surface area (Å²) in [6.07, 6.45) is 0.953. The molecule has 0 spiro atoms. The standard InChI is InChI=1S/C25H25N5O4S/c1-33-24(32)21-12-17-16-9-5-6-10-19(16)27-20(17)13-30(21)22(31)14-35-25-29-28-23(34-25)18(26)11-15-7-3-2-4-8-15/h2-10,18,21,27H,11-14,26H2,1H3/t18-,21+/m0/s1. The molecule has 2 aromatic carbocycles. The number of methoxy groups -OCH3 is 1. The Labute approximate surface area is 206 Å². The van der Waals surface area contributed by atoms with Crippen molar-refractivity contribution in [3.05, 3.63) is 77.3 Å². The van der Waals surface area contributed by atoms with Gasteiger partial charge in [0, 0.05) is 23.0 Å². The molecule has 2 atom stereocenters. The van der Waals surface area contributed by atoms with E-state index in [0.717, 1.165) is 39.5 Å². The molecule has 35 heavy (non-hydrogen) atoms. The predicted octanol–water partition coefficient (Wildman–Crippen LogP) is 3.01. The van der Waals surface area contributed by atoms with Crippen molar-refractivity contribution in [2.45, 2.75) is 36.7 Å². The van der Waals surface area contributed by atoms with E-state index in [1.54, 1.807) is 4.90 Å². The van der Waals surface area contributed by atoms with Crippen LogP contribution in [0.15, 0.2) is 64.2 Å².